The van der Waals surface area contributed by atoms with E-state index in [2.05, 4.69) is 10.6 Å². The number of alkyl halides is 6. The van der Waals surface area contributed by atoms with Crippen LogP contribution in [0.1, 0.15) is 46.3 Å². The zero-order chi connectivity index (χ0) is 37.1. The lowest BCUT2D eigenvalue weighted by Gasteiger charge is -2.39. The first-order valence-electron chi connectivity index (χ1n) is 16.4. The molecule has 2 aliphatic heterocycles. The van der Waals surface area contributed by atoms with Gasteiger partial charge in [-0.2, -0.15) is 26.3 Å². The molecule has 0 atom stereocenters. The summed E-state index contributed by atoms with van der Waals surface area (Å²) in [6, 6.07) is 23.5. The molecule has 0 unspecified atom stereocenters. The number of halogens is 6. The standard InChI is InChI=1S/C37H33F6N2O6P/c38-36(39,40)23-44-34(47)35(29-11-3-5-13-31(29)51-32-14-6-4-12-30(32)35)19-7-8-20-52(48)49-21-26(22-50-52)45-33(46)28-10-2-1-9-27(28)24-15-17-25(18-16-24)37(41,42)43/h1-6,9-18,26H,7-8,19-23H2,(H,44,47)(H,45,46). The molecule has 8 nitrogen and oxygen atoms in total. The molecule has 2 aliphatic rings. The Hall–Kier alpha value is -4.65. The number of carbonyl (C=O) groups excluding carboxylic acids is 2. The molecule has 0 radical (unpaired) electrons. The van der Waals surface area contributed by atoms with E-state index in [-0.39, 0.29) is 44.2 Å². The second kappa shape index (κ2) is 14.8. The number of fused-ring (bicyclic) bond motifs is 2. The van der Waals surface area contributed by atoms with Crippen molar-refractivity contribution in [3.63, 3.8) is 0 Å². The molecular formula is C37H33F6N2O6P. The molecule has 1 fully saturated rings. The number of unbranched alkanes of at least 4 members (excludes halogenated alkanes) is 1. The van der Waals surface area contributed by atoms with Crippen molar-refractivity contribution < 1.29 is 54.3 Å². The number of rotatable bonds is 10. The maximum atomic E-state index is 13.8. The van der Waals surface area contributed by atoms with Gasteiger partial charge in [-0.1, -0.05) is 73.2 Å². The predicted octanol–water partition coefficient (Wildman–Crippen LogP) is 8.65. The highest BCUT2D eigenvalue weighted by atomic mass is 31.2. The minimum Gasteiger partial charge on any atom is -0.457 e. The smallest absolute Gasteiger partial charge is 0.416 e. The summed E-state index contributed by atoms with van der Waals surface area (Å²) in [5, 5.41) is 4.83. The minimum absolute atomic E-state index is 0.0511. The number of para-hydroxylation sites is 2. The Labute approximate surface area is 295 Å². The van der Waals surface area contributed by atoms with E-state index < -0.39 is 55.3 Å². The summed E-state index contributed by atoms with van der Waals surface area (Å²) >= 11 is 0. The summed E-state index contributed by atoms with van der Waals surface area (Å²) in [7, 11) is -3.64. The van der Waals surface area contributed by atoms with Crippen LogP contribution in [0.15, 0.2) is 97.1 Å². The Morgan fingerprint density at radius 1 is 0.769 bits per heavy atom. The average Bonchev–Trinajstić information content (AvgIpc) is 3.12. The van der Waals surface area contributed by atoms with Gasteiger partial charge in [0.15, 0.2) is 0 Å². The molecule has 274 valence electrons. The molecule has 0 aromatic heterocycles. The molecule has 2 N–H and O–H groups in total. The van der Waals surface area contributed by atoms with Crippen LogP contribution >= 0.6 is 7.60 Å². The van der Waals surface area contributed by atoms with Crippen molar-refractivity contribution in [3.8, 4) is 22.6 Å². The number of nitrogens with one attached hydrogen (secondary N) is 2. The van der Waals surface area contributed by atoms with Gasteiger partial charge in [-0.3, -0.25) is 14.2 Å². The Morgan fingerprint density at radius 2 is 1.35 bits per heavy atom. The van der Waals surface area contributed by atoms with Crippen molar-refractivity contribution >= 4 is 19.4 Å². The van der Waals surface area contributed by atoms with Gasteiger partial charge in [0.05, 0.1) is 31.0 Å². The zero-order valence-corrected chi connectivity index (χ0v) is 28.3. The predicted molar refractivity (Wildman–Crippen MR) is 179 cm³/mol. The van der Waals surface area contributed by atoms with Crippen LogP contribution in [0.5, 0.6) is 11.5 Å². The number of carbonyl (C=O) groups is 2. The highest BCUT2D eigenvalue weighted by molar-refractivity contribution is 7.53. The third kappa shape index (κ3) is 8.04. The van der Waals surface area contributed by atoms with Crippen LogP contribution in [-0.4, -0.2) is 50.0 Å². The molecule has 0 spiro atoms. The second-order valence-electron chi connectivity index (χ2n) is 12.5. The summed E-state index contributed by atoms with van der Waals surface area (Å²) < 4.78 is 110. The third-order valence-electron chi connectivity index (χ3n) is 8.96. The van der Waals surface area contributed by atoms with Crippen molar-refractivity contribution in [2.75, 3.05) is 25.9 Å². The normalized spacial score (nSPS) is 19.5. The fraction of sp³-hybridized carbons (Fsp3) is 0.297. The molecule has 52 heavy (non-hydrogen) atoms. The molecule has 15 heteroatoms. The maximum Gasteiger partial charge on any atom is 0.416 e. The summed E-state index contributed by atoms with van der Waals surface area (Å²) in [6.07, 6.45) is -8.65. The van der Waals surface area contributed by atoms with Crippen LogP contribution < -0.4 is 15.4 Å². The molecule has 6 rings (SSSR count). The molecule has 0 bridgehead atoms. The largest absolute Gasteiger partial charge is 0.457 e. The van der Waals surface area contributed by atoms with Gasteiger partial charge in [0.2, 0.25) is 5.91 Å². The van der Waals surface area contributed by atoms with Crippen molar-refractivity contribution in [3.05, 3.63) is 119 Å². The topological polar surface area (TPSA) is 103 Å². The zero-order valence-electron chi connectivity index (χ0n) is 27.4. The Balaban J connectivity index is 1.09. The van der Waals surface area contributed by atoms with Crippen molar-refractivity contribution in [2.24, 2.45) is 0 Å². The minimum atomic E-state index is -4.64. The molecule has 4 aromatic rings. The van der Waals surface area contributed by atoms with Crippen LogP contribution in [0.3, 0.4) is 0 Å². The van der Waals surface area contributed by atoms with Crippen molar-refractivity contribution in [1.82, 2.24) is 10.6 Å². The van der Waals surface area contributed by atoms with E-state index in [1.807, 2.05) is 0 Å². The summed E-state index contributed by atoms with van der Waals surface area (Å²) in [6.45, 7) is -1.81. The van der Waals surface area contributed by atoms with Gasteiger partial charge in [0.25, 0.3) is 5.91 Å². The SMILES string of the molecule is O=C(NC1COP(=O)(CCCCC2(C(=O)NCC(F)(F)F)c3ccccc3Oc3ccccc32)OC1)c1ccccc1-c1ccc(C(F)(F)F)cc1. The Kier molecular flexibility index (Phi) is 10.5. The molecule has 4 aromatic carbocycles. The summed E-state index contributed by atoms with van der Waals surface area (Å²) in [5.74, 6) is -0.700. The lowest BCUT2D eigenvalue weighted by atomic mass is 9.68. The van der Waals surface area contributed by atoms with Gasteiger partial charge in [-0.05, 0) is 54.3 Å². The highest BCUT2D eigenvalue weighted by Gasteiger charge is 2.48. The Bertz CT molecular complexity index is 1930. The van der Waals surface area contributed by atoms with E-state index in [1.165, 1.54) is 18.2 Å². The Morgan fingerprint density at radius 3 is 1.94 bits per heavy atom. The molecule has 1 saturated heterocycles. The maximum absolute atomic E-state index is 13.8. The van der Waals surface area contributed by atoms with Gasteiger partial charge < -0.3 is 24.4 Å². The van der Waals surface area contributed by atoms with E-state index in [4.69, 9.17) is 13.8 Å². The first-order chi connectivity index (χ1) is 24.7. The fourth-order valence-electron chi connectivity index (χ4n) is 6.47. The van der Waals surface area contributed by atoms with Crippen LogP contribution in [0.4, 0.5) is 26.3 Å². The monoisotopic (exact) mass is 746 g/mol. The first-order valence-corrected chi connectivity index (χ1v) is 18.1. The van der Waals surface area contributed by atoms with Crippen LogP contribution in [0.25, 0.3) is 11.1 Å². The number of amides is 2. The lowest BCUT2D eigenvalue weighted by molar-refractivity contribution is -0.141. The average molecular weight is 747 g/mol. The van der Waals surface area contributed by atoms with Crippen LogP contribution in [0, 0.1) is 0 Å². The van der Waals surface area contributed by atoms with E-state index in [0.717, 1.165) is 12.1 Å². The molecule has 2 amide bonds. The third-order valence-corrected chi connectivity index (χ3v) is 10.9. The number of hydrogen-bond donors (Lipinski definition) is 2. The van der Waals surface area contributed by atoms with Crippen molar-refractivity contribution in [2.45, 2.75) is 43.1 Å². The van der Waals surface area contributed by atoms with Crippen LogP contribution in [-0.2, 0) is 30.0 Å². The van der Waals surface area contributed by atoms with Gasteiger partial charge in [-0.15, -0.1) is 0 Å². The van der Waals surface area contributed by atoms with E-state index in [9.17, 15) is 40.5 Å². The quantitative estimate of drug-likeness (QED) is 0.0958. The van der Waals surface area contributed by atoms with Gasteiger partial charge >= 0.3 is 19.9 Å². The number of ether oxygens (including phenoxy) is 1. The molecule has 0 aliphatic carbocycles. The first kappa shape index (κ1) is 37.1. The van der Waals surface area contributed by atoms with Crippen molar-refractivity contribution in [1.29, 1.82) is 0 Å². The highest BCUT2D eigenvalue weighted by Crippen LogP contribution is 2.53. The fourth-order valence-corrected chi connectivity index (χ4v) is 8.23. The second-order valence-corrected chi connectivity index (χ2v) is 14.7. The summed E-state index contributed by atoms with van der Waals surface area (Å²) in [5.41, 5.74) is -0.508. The molecule has 0 saturated carbocycles. The lowest BCUT2D eigenvalue weighted by Crippen LogP contribution is -2.49. The van der Waals surface area contributed by atoms with Gasteiger partial charge in [-0.25, -0.2) is 0 Å². The van der Waals surface area contributed by atoms with Crippen LogP contribution in [0.2, 0.25) is 0 Å². The van der Waals surface area contributed by atoms with E-state index >= 15 is 0 Å². The van der Waals surface area contributed by atoms with Gasteiger partial charge in [0.1, 0.15) is 23.5 Å². The van der Waals surface area contributed by atoms with E-state index in [0.29, 0.717) is 33.8 Å². The molecular weight excluding hydrogens is 713 g/mol. The molecule has 2 heterocycles. The number of benzene rings is 4. The number of hydrogen-bond acceptors (Lipinski definition) is 6. The summed E-state index contributed by atoms with van der Waals surface area (Å²) in [4.78, 5) is 27.0. The van der Waals surface area contributed by atoms with E-state index in [1.54, 1.807) is 66.7 Å². The van der Waals surface area contributed by atoms with Gasteiger partial charge in [0, 0.05) is 16.7 Å².